The van der Waals surface area contributed by atoms with Crippen molar-refractivity contribution in [1.82, 2.24) is 5.32 Å². The van der Waals surface area contributed by atoms with E-state index in [0.717, 1.165) is 24.1 Å². The monoisotopic (exact) mass is 255 g/mol. The van der Waals surface area contributed by atoms with Crippen molar-refractivity contribution in [2.45, 2.75) is 38.6 Å². The average Bonchev–Trinajstić information content (AvgIpc) is 2.87. The smallest absolute Gasteiger partial charge is 0.174 e. The number of ketones is 1. The van der Waals surface area contributed by atoms with Crippen molar-refractivity contribution in [2.75, 3.05) is 13.2 Å². The second-order valence-electron chi connectivity index (χ2n) is 4.13. The second-order valence-corrected chi connectivity index (χ2v) is 5.07. The molecule has 0 aromatic carbocycles. The SMILES string of the molecule is CCCCC(CO)NCCC(=O)c1cccs1. The fourth-order valence-corrected chi connectivity index (χ4v) is 2.35. The standard InChI is InChI=1S/C13H21NO2S/c1-2-3-5-11(10-15)14-8-7-12(16)13-6-4-9-17-13/h4,6,9,11,14-15H,2-3,5,7-8,10H2,1H3. The highest BCUT2D eigenvalue weighted by Gasteiger charge is 2.09. The molecule has 1 heterocycles. The lowest BCUT2D eigenvalue weighted by Gasteiger charge is -2.15. The molecule has 96 valence electrons. The summed E-state index contributed by atoms with van der Waals surface area (Å²) < 4.78 is 0. The number of unbranched alkanes of at least 4 members (excludes halogenated alkanes) is 1. The third-order valence-corrected chi connectivity index (χ3v) is 3.62. The Kier molecular flexibility index (Phi) is 7.08. The van der Waals surface area contributed by atoms with Gasteiger partial charge in [0.05, 0.1) is 11.5 Å². The van der Waals surface area contributed by atoms with Gasteiger partial charge in [-0.3, -0.25) is 4.79 Å². The van der Waals surface area contributed by atoms with E-state index < -0.39 is 0 Å². The maximum absolute atomic E-state index is 11.7. The van der Waals surface area contributed by atoms with Crippen LogP contribution in [0.2, 0.25) is 0 Å². The Morgan fingerprint density at radius 3 is 3.00 bits per heavy atom. The van der Waals surface area contributed by atoms with Gasteiger partial charge in [-0.15, -0.1) is 11.3 Å². The lowest BCUT2D eigenvalue weighted by atomic mass is 10.1. The zero-order chi connectivity index (χ0) is 12.5. The summed E-state index contributed by atoms with van der Waals surface area (Å²) in [5.74, 6) is 0.180. The highest BCUT2D eigenvalue weighted by molar-refractivity contribution is 7.12. The van der Waals surface area contributed by atoms with Gasteiger partial charge in [0.1, 0.15) is 0 Å². The Balaban J connectivity index is 2.19. The fourth-order valence-electron chi connectivity index (χ4n) is 1.66. The molecule has 0 aliphatic rings. The van der Waals surface area contributed by atoms with Gasteiger partial charge in [0, 0.05) is 19.0 Å². The minimum atomic E-state index is 0.131. The van der Waals surface area contributed by atoms with Gasteiger partial charge < -0.3 is 10.4 Å². The summed E-state index contributed by atoms with van der Waals surface area (Å²) in [6.07, 6.45) is 3.72. The summed E-state index contributed by atoms with van der Waals surface area (Å²) in [5, 5.41) is 14.3. The molecular weight excluding hydrogens is 234 g/mol. The molecule has 17 heavy (non-hydrogen) atoms. The molecule has 1 rings (SSSR count). The number of carbonyl (C=O) groups is 1. The topological polar surface area (TPSA) is 49.3 Å². The van der Waals surface area contributed by atoms with Crippen LogP contribution in [-0.4, -0.2) is 30.1 Å². The maximum atomic E-state index is 11.7. The zero-order valence-electron chi connectivity index (χ0n) is 10.3. The van der Waals surface area contributed by atoms with E-state index in [1.54, 1.807) is 0 Å². The lowest BCUT2D eigenvalue weighted by molar-refractivity contribution is 0.0983. The lowest BCUT2D eigenvalue weighted by Crippen LogP contribution is -2.33. The van der Waals surface area contributed by atoms with E-state index in [4.69, 9.17) is 5.11 Å². The molecule has 2 N–H and O–H groups in total. The molecular formula is C13H21NO2S. The number of nitrogens with one attached hydrogen (secondary N) is 1. The van der Waals surface area contributed by atoms with Gasteiger partial charge in [-0.2, -0.15) is 0 Å². The van der Waals surface area contributed by atoms with Crippen LogP contribution in [0.3, 0.4) is 0 Å². The molecule has 1 aromatic heterocycles. The van der Waals surface area contributed by atoms with Crippen molar-refractivity contribution in [2.24, 2.45) is 0 Å². The summed E-state index contributed by atoms with van der Waals surface area (Å²) in [7, 11) is 0. The van der Waals surface area contributed by atoms with Crippen LogP contribution >= 0.6 is 11.3 Å². The van der Waals surface area contributed by atoms with E-state index in [0.29, 0.717) is 13.0 Å². The van der Waals surface area contributed by atoms with Crippen LogP contribution < -0.4 is 5.32 Å². The number of rotatable bonds is 9. The van der Waals surface area contributed by atoms with Crippen LogP contribution in [0.1, 0.15) is 42.3 Å². The van der Waals surface area contributed by atoms with Crippen molar-refractivity contribution in [3.63, 3.8) is 0 Å². The van der Waals surface area contributed by atoms with Gasteiger partial charge in [0.25, 0.3) is 0 Å². The van der Waals surface area contributed by atoms with E-state index >= 15 is 0 Å². The highest BCUT2D eigenvalue weighted by Crippen LogP contribution is 2.10. The molecule has 0 saturated carbocycles. The summed E-state index contributed by atoms with van der Waals surface area (Å²) in [4.78, 5) is 12.5. The predicted octanol–water partition coefficient (Wildman–Crippen LogP) is 2.46. The first-order valence-electron chi connectivity index (χ1n) is 6.18. The molecule has 0 bridgehead atoms. The highest BCUT2D eigenvalue weighted by atomic mass is 32.1. The number of carbonyl (C=O) groups excluding carboxylic acids is 1. The van der Waals surface area contributed by atoms with Gasteiger partial charge in [-0.25, -0.2) is 0 Å². The first kappa shape index (κ1) is 14.4. The molecule has 0 aliphatic heterocycles. The van der Waals surface area contributed by atoms with Crippen molar-refractivity contribution in [3.8, 4) is 0 Å². The van der Waals surface area contributed by atoms with E-state index in [1.165, 1.54) is 11.3 Å². The zero-order valence-corrected chi connectivity index (χ0v) is 11.1. The molecule has 0 aliphatic carbocycles. The number of aliphatic hydroxyl groups is 1. The molecule has 0 saturated heterocycles. The molecule has 0 fully saturated rings. The number of Topliss-reactive ketones (excluding diaryl/α,β-unsaturated/α-hetero) is 1. The van der Waals surface area contributed by atoms with Crippen LogP contribution in [0.25, 0.3) is 0 Å². The number of thiophene rings is 1. The average molecular weight is 255 g/mol. The van der Waals surface area contributed by atoms with Crippen molar-refractivity contribution < 1.29 is 9.90 Å². The van der Waals surface area contributed by atoms with Crippen LogP contribution in [0.4, 0.5) is 0 Å². The third-order valence-electron chi connectivity index (χ3n) is 2.71. The second kappa shape index (κ2) is 8.39. The molecule has 3 nitrogen and oxygen atoms in total. The van der Waals surface area contributed by atoms with Gasteiger partial charge in [0.15, 0.2) is 5.78 Å². The first-order valence-corrected chi connectivity index (χ1v) is 7.06. The van der Waals surface area contributed by atoms with E-state index in [2.05, 4.69) is 12.2 Å². The predicted molar refractivity (Wildman–Crippen MR) is 71.7 cm³/mol. The summed E-state index contributed by atoms with van der Waals surface area (Å²) in [5.41, 5.74) is 0. The molecule has 1 atom stereocenters. The first-order chi connectivity index (χ1) is 8.27. The van der Waals surface area contributed by atoms with Gasteiger partial charge in [-0.1, -0.05) is 25.8 Å². The Hall–Kier alpha value is -0.710. The van der Waals surface area contributed by atoms with Crippen molar-refractivity contribution in [3.05, 3.63) is 22.4 Å². The minimum Gasteiger partial charge on any atom is -0.395 e. The van der Waals surface area contributed by atoms with Crippen LogP contribution in [0.5, 0.6) is 0 Å². The Bertz CT molecular complexity index is 311. The molecule has 0 radical (unpaired) electrons. The van der Waals surface area contributed by atoms with E-state index in [-0.39, 0.29) is 18.4 Å². The van der Waals surface area contributed by atoms with E-state index in [9.17, 15) is 4.79 Å². The maximum Gasteiger partial charge on any atom is 0.174 e. The molecule has 1 unspecified atom stereocenters. The molecule has 4 heteroatoms. The molecule has 1 aromatic rings. The fraction of sp³-hybridized carbons (Fsp3) is 0.615. The summed E-state index contributed by atoms with van der Waals surface area (Å²) >= 11 is 1.48. The Morgan fingerprint density at radius 2 is 2.41 bits per heavy atom. The van der Waals surface area contributed by atoms with Gasteiger partial charge in [-0.05, 0) is 17.9 Å². The van der Waals surface area contributed by atoms with Crippen molar-refractivity contribution >= 4 is 17.1 Å². The van der Waals surface area contributed by atoms with Gasteiger partial charge in [0.2, 0.25) is 0 Å². The number of hydrogen-bond donors (Lipinski definition) is 2. The minimum absolute atomic E-state index is 0.131. The molecule has 0 spiro atoms. The quantitative estimate of drug-likeness (QED) is 0.666. The van der Waals surface area contributed by atoms with Crippen LogP contribution in [0.15, 0.2) is 17.5 Å². The van der Waals surface area contributed by atoms with Crippen molar-refractivity contribution in [1.29, 1.82) is 0 Å². The normalized spacial score (nSPS) is 12.6. The number of hydrogen-bond acceptors (Lipinski definition) is 4. The number of aliphatic hydroxyl groups excluding tert-OH is 1. The molecule has 0 amide bonds. The summed E-state index contributed by atoms with van der Waals surface area (Å²) in [6.45, 7) is 2.92. The van der Waals surface area contributed by atoms with Crippen LogP contribution in [0, 0.1) is 0 Å². The largest absolute Gasteiger partial charge is 0.395 e. The van der Waals surface area contributed by atoms with Crippen LogP contribution in [-0.2, 0) is 0 Å². The third kappa shape index (κ3) is 5.44. The van der Waals surface area contributed by atoms with E-state index in [1.807, 2.05) is 17.5 Å². The Labute approximate surface area is 107 Å². The Morgan fingerprint density at radius 1 is 1.59 bits per heavy atom. The summed E-state index contributed by atoms with van der Waals surface area (Å²) in [6, 6.07) is 3.88. The van der Waals surface area contributed by atoms with Gasteiger partial charge >= 0.3 is 0 Å².